The van der Waals surface area contributed by atoms with E-state index >= 15 is 0 Å². The van der Waals surface area contributed by atoms with Gasteiger partial charge in [-0.3, -0.25) is 9.36 Å². The van der Waals surface area contributed by atoms with E-state index in [1.807, 2.05) is 51.1 Å². The topological polar surface area (TPSA) is 82.0 Å². The Hall–Kier alpha value is -3.42. The van der Waals surface area contributed by atoms with Crippen molar-refractivity contribution < 1.29 is 9.47 Å². The van der Waals surface area contributed by atoms with Crippen LogP contribution in [0.1, 0.15) is 42.1 Å². The average Bonchev–Trinajstić information content (AvgIpc) is 3.20. The van der Waals surface area contributed by atoms with Gasteiger partial charge in [0.15, 0.2) is 16.7 Å². The number of hydrogen-bond donors (Lipinski definition) is 1. The molecule has 0 bridgehead atoms. The highest BCUT2D eigenvalue weighted by Gasteiger charge is 2.34. The van der Waals surface area contributed by atoms with Crippen molar-refractivity contribution in [3.8, 4) is 17.3 Å². The van der Waals surface area contributed by atoms with E-state index in [1.54, 1.807) is 4.57 Å². The predicted octanol–water partition coefficient (Wildman–Crippen LogP) is 5.03. The van der Waals surface area contributed by atoms with Crippen molar-refractivity contribution in [1.29, 1.82) is 0 Å². The van der Waals surface area contributed by atoms with E-state index in [9.17, 15) is 4.79 Å². The third-order valence-electron chi connectivity index (χ3n) is 6.12. The lowest BCUT2D eigenvalue weighted by Gasteiger charge is -2.32. The van der Waals surface area contributed by atoms with E-state index in [2.05, 4.69) is 34.2 Å². The molecule has 2 aromatic carbocycles. The number of H-pyrrole nitrogens is 1. The van der Waals surface area contributed by atoms with Crippen LogP contribution in [0.25, 0.3) is 11.5 Å². The van der Waals surface area contributed by atoms with E-state index in [0.29, 0.717) is 42.1 Å². The van der Waals surface area contributed by atoms with Gasteiger partial charge in [0.2, 0.25) is 5.75 Å². The smallest absolute Gasteiger partial charge is 0.296 e. The van der Waals surface area contributed by atoms with E-state index in [4.69, 9.17) is 26.1 Å². The summed E-state index contributed by atoms with van der Waals surface area (Å²) in [6.07, 6.45) is 0.574. The third kappa shape index (κ3) is 4.74. The molecule has 0 saturated carbocycles. The molecule has 0 atom stereocenters. The zero-order chi connectivity index (χ0) is 24.6. The van der Waals surface area contributed by atoms with E-state index in [0.717, 1.165) is 16.8 Å². The Morgan fingerprint density at radius 2 is 1.83 bits per heavy atom. The van der Waals surface area contributed by atoms with Gasteiger partial charge in [-0.15, -0.1) is 0 Å². The number of ether oxygens (including phenoxy) is 2. The van der Waals surface area contributed by atoms with Crippen LogP contribution in [-0.2, 0) is 29.9 Å². The molecule has 1 aliphatic rings. The Morgan fingerprint density at radius 3 is 2.57 bits per heavy atom. The minimum absolute atomic E-state index is 0.141. The van der Waals surface area contributed by atoms with Gasteiger partial charge in [-0.1, -0.05) is 71.8 Å². The minimum Gasteiger partial charge on any atom is -0.481 e. The molecular weight excluding hydrogens is 464 g/mol. The normalized spacial score (nSPS) is 14.5. The highest BCUT2D eigenvalue weighted by Crippen LogP contribution is 2.32. The molecule has 1 N–H and O–H groups in total. The molecule has 2 aromatic heterocycles. The van der Waals surface area contributed by atoms with Crippen LogP contribution in [0.3, 0.4) is 0 Å². The van der Waals surface area contributed by atoms with Gasteiger partial charge in [-0.2, -0.15) is 0 Å². The molecule has 0 aliphatic carbocycles. The molecule has 4 aromatic rings. The van der Waals surface area contributed by atoms with Crippen LogP contribution in [-0.4, -0.2) is 26.1 Å². The van der Waals surface area contributed by atoms with E-state index in [1.165, 1.54) is 5.56 Å². The van der Waals surface area contributed by atoms with Crippen molar-refractivity contribution in [3.63, 3.8) is 0 Å². The second-order valence-corrected chi connectivity index (χ2v) is 9.58. The number of aromatic amines is 1. The second-order valence-electron chi connectivity index (χ2n) is 9.22. The van der Waals surface area contributed by atoms with Crippen LogP contribution in [0.4, 0.5) is 0 Å². The van der Waals surface area contributed by atoms with Crippen molar-refractivity contribution in [2.45, 2.75) is 45.9 Å². The van der Waals surface area contributed by atoms with Crippen LogP contribution >= 0.6 is 11.6 Å². The van der Waals surface area contributed by atoms with Gasteiger partial charge in [-0.25, -0.2) is 9.97 Å². The summed E-state index contributed by atoms with van der Waals surface area (Å²) in [4.78, 5) is 26.3. The molecule has 1 aliphatic heterocycles. The standard InChI is InChI=1S/C27H27ClN4O3/c1-17-9-11-18(12-10-17)15-20-23(28)31-24(29-20)21-22(34-16-19-7-5-4-6-8-19)25(33)32-13-14-35-27(2,3)26(32)30-21/h4-12H,13-16H2,1-3H3,(H,29,31). The molecule has 0 unspecified atom stereocenters. The highest BCUT2D eigenvalue weighted by molar-refractivity contribution is 6.30. The molecule has 0 radical (unpaired) electrons. The lowest BCUT2D eigenvalue weighted by atomic mass is 10.1. The number of fused-ring (bicyclic) bond motifs is 1. The monoisotopic (exact) mass is 490 g/mol. The Balaban J connectivity index is 1.58. The number of halogens is 1. The van der Waals surface area contributed by atoms with Gasteiger partial charge in [-0.05, 0) is 31.9 Å². The summed E-state index contributed by atoms with van der Waals surface area (Å²) in [5.41, 5.74) is 3.31. The summed E-state index contributed by atoms with van der Waals surface area (Å²) in [5, 5.41) is 0.338. The number of rotatable bonds is 6. The SMILES string of the molecule is Cc1ccc(Cc2[nH]c(-c3nc4n(c(=O)c3OCc3ccccc3)CCOC4(C)C)nc2Cl)cc1. The number of benzene rings is 2. The summed E-state index contributed by atoms with van der Waals surface area (Å²) < 4.78 is 13.6. The van der Waals surface area contributed by atoms with Gasteiger partial charge in [0, 0.05) is 6.42 Å². The van der Waals surface area contributed by atoms with Crippen molar-refractivity contribution in [2.24, 2.45) is 0 Å². The maximum atomic E-state index is 13.6. The predicted molar refractivity (Wildman–Crippen MR) is 135 cm³/mol. The second kappa shape index (κ2) is 9.32. The van der Waals surface area contributed by atoms with Crippen molar-refractivity contribution in [3.05, 3.63) is 98.3 Å². The van der Waals surface area contributed by atoms with Crippen LogP contribution in [0.15, 0.2) is 59.4 Å². The van der Waals surface area contributed by atoms with E-state index in [-0.39, 0.29) is 17.9 Å². The van der Waals surface area contributed by atoms with Gasteiger partial charge in [0.05, 0.1) is 18.8 Å². The quantitative estimate of drug-likeness (QED) is 0.410. The fourth-order valence-electron chi connectivity index (χ4n) is 4.21. The zero-order valence-electron chi connectivity index (χ0n) is 20.0. The summed E-state index contributed by atoms with van der Waals surface area (Å²) in [6.45, 7) is 6.91. The number of hydrogen-bond acceptors (Lipinski definition) is 5. The van der Waals surface area contributed by atoms with Gasteiger partial charge < -0.3 is 14.5 Å². The summed E-state index contributed by atoms with van der Waals surface area (Å²) >= 11 is 6.52. The number of imidazole rings is 1. The first-order valence-corrected chi connectivity index (χ1v) is 12.0. The summed E-state index contributed by atoms with van der Waals surface area (Å²) in [7, 11) is 0. The molecule has 7 nitrogen and oxygen atoms in total. The molecule has 0 fully saturated rings. The van der Waals surface area contributed by atoms with Crippen LogP contribution in [0.2, 0.25) is 5.15 Å². The summed E-state index contributed by atoms with van der Waals surface area (Å²) in [6, 6.07) is 17.9. The van der Waals surface area contributed by atoms with Crippen molar-refractivity contribution >= 4 is 11.6 Å². The number of aromatic nitrogens is 4. The molecule has 8 heteroatoms. The first kappa shape index (κ1) is 23.3. The van der Waals surface area contributed by atoms with Gasteiger partial charge >= 0.3 is 0 Å². The molecular formula is C27H27ClN4O3. The van der Waals surface area contributed by atoms with Crippen molar-refractivity contribution in [2.75, 3.05) is 6.61 Å². The molecule has 0 saturated heterocycles. The zero-order valence-corrected chi connectivity index (χ0v) is 20.7. The number of nitrogens with zero attached hydrogens (tertiary/aromatic N) is 3. The maximum Gasteiger partial charge on any atom is 0.296 e. The summed E-state index contributed by atoms with van der Waals surface area (Å²) in [5.74, 6) is 1.06. The minimum atomic E-state index is -0.731. The Kier molecular flexibility index (Phi) is 6.21. The molecule has 3 heterocycles. The van der Waals surface area contributed by atoms with E-state index < -0.39 is 5.60 Å². The fraction of sp³-hybridized carbons (Fsp3) is 0.296. The Morgan fingerprint density at radius 1 is 1.09 bits per heavy atom. The molecule has 0 spiro atoms. The molecule has 5 rings (SSSR count). The molecule has 180 valence electrons. The maximum absolute atomic E-state index is 13.6. The lowest BCUT2D eigenvalue weighted by molar-refractivity contribution is -0.0565. The fourth-order valence-corrected chi connectivity index (χ4v) is 4.41. The van der Waals surface area contributed by atoms with Crippen LogP contribution in [0.5, 0.6) is 5.75 Å². The first-order valence-electron chi connectivity index (χ1n) is 11.6. The highest BCUT2D eigenvalue weighted by atomic mass is 35.5. The number of aryl methyl sites for hydroxylation is 1. The third-order valence-corrected chi connectivity index (χ3v) is 6.44. The largest absolute Gasteiger partial charge is 0.481 e. The molecule has 0 amide bonds. The van der Waals surface area contributed by atoms with Crippen LogP contribution < -0.4 is 10.3 Å². The molecule has 35 heavy (non-hydrogen) atoms. The van der Waals surface area contributed by atoms with Gasteiger partial charge in [0.25, 0.3) is 5.56 Å². The van der Waals surface area contributed by atoms with Gasteiger partial charge in [0.1, 0.15) is 18.0 Å². The lowest BCUT2D eigenvalue weighted by Crippen LogP contribution is -2.41. The Bertz CT molecular complexity index is 1410. The average molecular weight is 491 g/mol. The first-order chi connectivity index (χ1) is 16.8. The van der Waals surface area contributed by atoms with Crippen molar-refractivity contribution in [1.82, 2.24) is 19.5 Å². The van der Waals surface area contributed by atoms with Crippen LogP contribution in [0, 0.1) is 6.92 Å². The Labute approximate surface area is 208 Å². The number of nitrogens with one attached hydrogen (secondary N) is 1.